The molecular weight excluding hydrogens is 296 g/mol. The highest BCUT2D eigenvalue weighted by Crippen LogP contribution is 2.28. The molecular formula is C16H22N4O3. The van der Waals surface area contributed by atoms with Crippen LogP contribution in [0.25, 0.3) is 0 Å². The normalized spacial score (nSPS) is 19.1. The first-order chi connectivity index (χ1) is 11.1. The molecule has 2 aliphatic rings. The molecule has 3 rings (SSSR count). The zero-order valence-corrected chi connectivity index (χ0v) is 13.2. The van der Waals surface area contributed by atoms with Gasteiger partial charge in [0.15, 0.2) is 6.20 Å². The van der Waals surface area contributed by atoms with Crippen molar-refractivity contribution >= 4 is 17.4 Å². The van der Waals surface area contributed by atoms with Crippen LogP contribution < -0.4 is 4.90 Å². The number of anilines is 1. The number of nitrogens with zero attached hydrogens (tertiary/aromatic N) is 4. The molecule has 0 bridgehead atoms. The molecule has 1 aliphatic carbocycles. The second-order valence-corrected chi connectivity index (χ2v) is 6.35. The van der Waals surface area contributed by atoms with Gasteiger partial charge in [-0.3, -0.25) is 4.79 Å². The van der Waals surface area contributed by atoms with Gasteiger partial charge in [0.25, 0.3) is 0 Å². The molecule has 0 spiro atoms. The molecule has 2 heterocycles. The van der Waals surface area contributed by atoms with Crippen LogP contribution in [-0.4, -0.2) is 46.9 Å². The van der Waals surface area contributed by atoms with E-state index in [2.05, 4.69) is 9.88 Å². The molecule has 0 aromatic carbocycles. The molecule has 23 heavy (non-hydrogen) atoms. The fraction of sp³-hybridized carbons (Fsp3) is 0.625. The lowest BCUT2D eigenvalue weighted by atomic mass is 10.0. The van der Waals surface area contributed by atoms with Crippen molar-refractivity contribution in [2.45, 2.75) is 32.1 Å². The monoisotopic (exact) mass is 318 g/mol. The van der Waals surface area contributed by atoms with Crippen molar-refractivity contribution in [3.05, 3.63) is 28.4 Å². The smallest absolute Gasteiger partial charge is 0.363 e. The zero-order valence-electron chi connectivity index (χ0n) is 13.2. The summed E-state index contributed by atoms with van der Waals surface area (Å²) in [4.78, 5) is 30.4. The SMILES string of the molecule is O=C(CC1CCCC1)N1CCN(c2ccc([N+](=O)[O-])nc2)CC1. The number of nitro groups is 1. The van der Waals surface area contributed by atoms with Crippen LogP contribution in [0.2, 0.25) is 0 Å². The van der Waals surface area contributed by atoms with E-state index < -0.39 is 4.92 Å². The van der Waals surface area contributed by atoms with E-state index >= 15 is 0 Å². The second-order valence-electron chi connectivity index (χ2n) is 6.35. The zero-order chi connectivity index (χ0) is 16.2. The van der Waals surface area contributed by atoms with E-state index in [-0.39, 0.29) is 11.7 Å². The molecule has 1 aliphatic heterocycles. The Hall–Kier alpha value is -2.18. The summed E-state index contributed by atoms with van der Waals surface area (Å²) in [7, 11) is 0. The second kappa shape index (κ2) is 6.93. The van der Waals surface area contributed by atoms with Crippen molar-refractivity contribution in [2.75, 3.05) is 31.1 Å². The molecule has 124 valence electrons. The topological polar surface area (TPSA) is 79.6 Å². The summed E-state index contributed by atoms with van der Waals surface area (Å²) in [6.45, 7) is 2.91. The van der Waals surface area contributed by atoms with Crippen LogP contribution in [0.3, 0.4) is 0 Å². The molecule has 0 unspecified atom stereocenters. The first kappa shape index (κ1) is 15.7. The Morgan fingerprint density at radius 1 is 1.22 bits per heavy atom. The Morgan fingerprint density at radius 2 is 1.91 bits per heavy atom. The fourth-order valence-electron chi connectivity index (χ4n) is 3.48. The van der Waals surface area contributed by atoms with Crippen LogP contribution >= 0.6 is 0 Å². The van der Waals surface area contributed by atoms with Gasteiger partial charge in [-0.15, -0.1) is 0 Å². The highest BCUT2D eigenvalue weighted by molar-refractivity contribution is 5.76. The number of amides is 1. The van der Waals surface area contributed by atoms with Gasteiger partial charge in [0.1, 0.15) is 0 Å². The maximum atomic E-state index is 12.3. The molecule has 0 N–H and O–H groups in total. The van der Waals surface area contributed by atoms with Crippen LogP contribution in [0.1, 0.15) is 32.1 Å². The van der Waals surface area contributed by atoms with Crippen LogP contribution in [-0.2, 0) is 4.79 Å². The number of pyridine rings is 1. The van der Waals surface area contributed by atoms with Crippen molar-refractivity contribution in [3.63, 3.8) is 0 Å². The molecule has 1 aromatic rings. The van der Waals surface area contributed by atoms with E-state index in [1.54, 1.807) is 6.07 Å². The molecule has 1 saturated heterocycles. The lowest BCUT2D eigenvalue weighted by Gasteiger charge is -2.36. The third-order valence-corrected chi connectivity index (χ3v) is 4.85. The maximum absolute atomic E-state index is 12.3. The van der Waals surface area contributed by atoms with Gasteiger partial charge in [-0.05, 0) is 34.7 Å². The van der Waals surface area contributed by atoms with Crippen molar-refractivity contribution in [2.24, 2.45) is 5.92 Å². The Morgan fingerprint density at radius 3 is 2.48 bits per heavy atom. The van der Waals surface area contributed by atoms with Gasteiger partial charge in [-0.25, -0.2) is 0 Å². The summed E-state index contributed by atoms with van der Waals surface area (Å²) >= 11 is 0. The van der Waals surface area contributed by atoms with Crippen molar-refractivity contribution in [3.8, 4) is 0 Å². The number of piperazine rings is 1. The largest absolute Gasteiger partial charge is 0.365 e. The first-order valence-corrected chi connectivity index (χ1v) is 8.26. The Kier molecular flexibility index (Phi) is 4.73. The van der Waals surface area contributed by atoms with Gasteiger partial charge in [0, 0.05) is 38.7 Å². The number of aromatic nitrogens is 1. The van der Waals surface area contributed by atoms with E-state index in [1.165, 1.54) is 37.9 Å². The van der Waals surface area contributed by atoms with Gasteiger partial charge in [-0.2, -0.15) is 0 Å². The molecule has 7 heteroatoms. The third-order valence-electron chi connectivity index (χ3n) is 4.85. The Balaban J connectivity index is 1.51. The van der Waals surface area contributed by atoms with E-state index in [9.17, 15) is 14.9 Å². The van der Waals surface area contributed by atoms with E-state index in [0.717, 1.165) is 18.8 Å². The average molecular weight is 318 g/mol. The van der Waals surface area contributed by atoms with Gasteiger partial charge >= 0.3 is 5.82 Å². The molecule has 1 saturated carbocycles. The minimum atomic E-state index is -0.497. The summed E-state index contributed by atoms with van der Waals surface area (Å²) in [6.07, 6.45) is 7.14. The van der Waals surface area contributed by atoms with E-state index in [4.69, 9.17) is 0 Å². The predicted octanol–water partition coefficient (Wildman–Crippen LogP) is 2.22. The van der Waals surface area contributed by atoms with Crippen LogP contribution in [0.15, 0.2) is 18.3 Å². The van der Waals surface area contributed by atoms with Gasteiger partial charge in [0.2, 0.25) is 5.91 Å². The van der Waals surface area contributed by atoms with Crippen LogP contribution in [0.5, 0.6) is 0 Å². The molecule has 2 fully saturated rings. The summed E-state index contributed by atoms with van der Waals surface area (Å²) < 4.78 is 0. The number of rotatable bonds is 4. The van der Waals surface area contributed by atoms with Gasteiger partial charge in [-0.1, -0.05) is 12.8 Å². The van der Waals surface area contributed by atoms with Crippen molar-refractivity contribution in [1.82, 2.24) is 9.88 Å². The minimum Gasteiger partial charge on any atom is -0.365 e. The highest BCUT2D eigenvalue weighted by Gasteiger charge is 2.25. The van der Waals surface area contributed by atoms with Gasteiger partial charge in [0.05, 0.1) is 5.69 Å². The standard InChI is InChI=1S/C16H22N4O3/c21-16(11-13-3-1-2-4-13)19-9-7-18(8-10-19)14-5-6-15(17-12-14)20(22)23/h5-6,12-13H,1-4,7-11H2. The fourth-order valence-corrected chi connectivity index (χ4v) is 3.48. The van der Waals surface area contributed by atoms with E-state index in [0.29, 0.717) is 25.4 Å². The van der Waals surface area contributed by atoms with Crippen LogP contribution in [0.4, 0.5) is 11.5 Å². The summed E-state index contributed by atoms with van der Waals surface area (Å²) in [5.41, 5.74) is 0.874. The maximum Gasteiger partial charge on any atom is 0.363 e. The molecule has 1 aromatic heterocycles. The quantitative estimate of drug-likeness (QED) is 0.628. The number of hydrogen-bond acceptors (Lipinski definition) is 5. The lowest BCUT2D eigenvalue weighted by Crippen LogP contribution is -2.49. The molecule has 0 radical (unpaired) electrons. The van der Waals surface area contributed by atoms with Gasteiger partial charge < -0.3 is 19.9 Å². The Labute approximate surface area is 135 Å². The average Bonchev–Trinajstić information content (AvgIpc) is 3.08. The molecule has 7 nitrogen and oxygen atoms in total. The number of carbonyl (C=O) groups excluding carboxylic acids is 1. The Bertz CT molecular complexity index is 561. The lowest BCUT2D eigenvalue weighted by molar-refractivity contribution is -0.389. The highest BCUT2D eigenvalue weighted by atomic mass is 16.6. The summed E-state index contributed by atoms with van der Waals surface area (Å²) in [5.74, 6) is 0.719. The predicted molar refractivity (Wildman–Crippen MR) is 86.3 cm³/mol. The van der Waals surface area contributed by atoms with Crippen molar-refractivity contribution in [1.29, 1.82) is 0 Å². The third kappa shape index (κ3) is 3.78. The summed E-state index contributed by atoms with van der Waals surface area (Å²) in [5, 5.41) is 10.6. The molecule has 0 atom stereocenters. The number of carbonyl (C=O) groups is 1. The number of hydrogen-bond donors (Lipinski definition) is 0. The summed E-state index contributed by atoms with van der Waals surface area (Å²) in [6, 6.07) is 3.15. The van der Waals surface area contributed by atoms with Crippen LogP contribution in [0, 0.1) is 16.0 Å². The molecule has 1 amide bonds. The van der Waals surface area contributed by atoms with E-state index in [1.807, 2.05) is 4.90 Å². The van der Waals surface area contributed by atoms with Crippen molar-refractivity contribution < 1.29 is 9.72 Å². The minimum absolute atomic E-state index is 0.140. The first-order valence-electron chi connectivity index (χ1n) is 8.26.